The number of hydrogen-bond donors (Lipinski definition) is 1. The predicted molar refractivity (Wildman–Crippen MR) is 149 cm³/mol. The summed E-state index contributed by atoms with van der Waals surface area (Å²) in [6.45, 7) is 1.96. The van der Waals surface area contributed by atoms with Crippen molar-refractivity contribution in [3.05, 3.63) is 106 Å². The van der Waals surface area contributed by atoms with Crippen LogP contribution < -0.4 is 0 Å². The van der Waals surface area contributed by atoms with Crippen molar-refractivity contribution in [2.24, 2.45) is 0 Å². The van der Waals surface area contributed by atoms with Crippen LogP contribution >= 0.6 is 0 Å². The van der Waals surface area contributed by atoms with Crippen LogP contribution in [-0.4, -0.2) is 45.7 Å². The molecule has 1 aliphatic carbocycles. The van der Waals surface area contributed by atoms with Crippen LogP contribution in [0, 0.1) is 6.92 Å². The summed E-state index contributed by atoms with van der Waals surface area (Å²) in [5, 5.41) is 1.00. The molecular weight excluding hydrogens is 572 g/mol. The maximum Gasteiger partial charge on any atom is 0.416 e. The summed E-state index contributed by atoms with van der Waals surface area (Å²) in [7, 11) is 0. The van der Waals surface area contributed by atoms with E-state index < -0.39 is 53.4 Å². The fourth-order valence-electron chi connectivity index (χ4n) is 5.04. The maximum absolute atomic E-state index is 13.7. The largest absolute Gasteiger partial charge is 0.416 e. The second-order valence-corrected chi connectivity index (χ2v) is 10.9. The molecule has 1 heterocycles. The van der Waals surface area contributed by atoms with Crippen LogP contribution in [0.15, 0.2) is 72.9 Å². The molecule has 5 rings (SSSR count). The van der Waals surface area contributed by atoms with Crippen molar-refractivity contribution in [3.63, 3.8) is 0 Å². The summed E-state index contributed by atoms with van der Waals surface area (Å²) < 4.78 is 80.8. The van der Waals surface area contributed by atoms with E-state index >= 15 is 0 Å². The van der Waals surface area contributed by atoms with Crippen LogP contribution in [0.1, 0.15) is 51.0 Å². The quantitative estimate of drug-likeness (QED) is 0.204. The number of hydrogen-bond acceptors (Lipinski definition) is 2. The van der Waals surface area contributed by atoms with Gasteiger partial charge in [0.1, 0.15) is 6.54 Å². The topological polar surface area (TPSA) is 56.4 Å². The Kier molecular flexibility index (Phi) is 8.27. The molecule has 0 radical (unpaired) electrons. The summed E-state index contributed by atoms with van der Waals surface area (Å²) in [4.78, 5) is 33.1. The zero-order valence-corrected chi connectivity index (χ0v) is 23.2. The Morgan fingerprint density at radius 2 is 1.51 bits per heavy atom. The van der Waals surface area contributed by atoms with Gasteiger partial charge in [-0.3, -0.25) is 9.59 Å². The third-order valence-electron chi connectivity index (χ3n) is 7.56. The van der Waals surface area contributed by atoms with Crippen molar-refractivity contribution < 1.29 is 35.9 Å². The molecule has 0 unspecified atom stereocenters. The molecular formula is C32H29F6N3O2. The SMILES string of the molecule is Cc1ccc(CN(CCc2c[nH]c3ccccc23)C(=O)CN(C(=O)c2cc(C(F)(F)F)cc(C(F)(F)F)c2)C2CC2)cc1. The highest BCUT2D eigenvalue weighted by molar-refractivity contribution is 5.97. The van der Waals surface area contributed by atoms with Gasteiger partial charge in [0, 0.05) is 41.8 Å². The first-order chi connectivity index (χ1) is 20.3. The first-order valence-corrected chi connectivity index (χ1v) is 13.8. The summed E-state index contributed by atoms with van der Waals surface area (Å²) in [5.74, 6) is -1.50. The lowest BCUT2D eigenvalue weighted by Gasteiger charge is -2.28. The number of para-hydroxylation sites is 1. The average Bonchev–Trinajstić information content (AvgIpc) is 3.72. The molecule has 1 saturated carbocycles. The van der Waals surface area contributed by atoms with Crippen molar-refractivity contribution in [1.82, 2.24) is 14.8 Å². The molecule has 3 aromatic carbocycles. The fourth-order valence-corrected chi connectivity index (χ4v) is 5.04. The number of aromatic amines is 1. The van der Waals surface area contributed by atoms with E-state index in [1.165, 1.54) is 0 Å². The Labute approximate surface area is 244 Å². The van der Waals surface area contributed by atoms with Gasteiger partial charge in [-0.2, -0.15) is 26.3 Å². The Hall–Kier alpha value is -4.28. The van der Waals surface area contributed by atoms with Crippen LogP contribution in [0.3, 0.4) is 0 Å². The van der Waals surface area contributed by atoms with E-state index in [2.05, 4.69) is 4.98 Å². The second kappa shape index (κ2) is 11.8. The van der Waals surface area contributed by atoms with Crippen molar-refractivity contribution in [3.8, 4) is 0 Å². The highest BCUT2D eigenvalue weighted by atomic mass is 19.4. The van der Waals surface area contributed by atoms with Crippen molar-refractivity contribution >= 4 is 22.7 Å². The lowest BCUT2D eigenvalue weighted by Crippen LogP contribution is -2.44. The van der Waals surface area contributed by atoms with Gasteiger partial charge in [-0.1, -0.05) is 48.0 Å². The molecule has 1 aliphatic rings. The highest BCUT2D eigenvalue weighted by Gasteiger charge is 2.40. The van der Waals surface area contributed by atoms with Gasteiger partial charge < -0.3 is 14.8 Å². The number of fused-ring (bicyclic) bond motifs is 1. The zero-order chi connectivity index (χ0) is 30.9. The molecule has 5 nitrogen and oxygen atoms in total. The number of carbonyl (C=O) groups excluding carboxylic acids is 2. The highest BCUT2D eigenvalue weighted by Crippen LogP contribution is 2.37. The summed E-state index contributed by atoms with van der Waals surface area (Å²) >= 11 is 0. The number of aromatic nitrogens is 1. The number of amides is 2. The number of alkyl halides is 6. The van der Waals surface area contributed by atoms with E-state index in [4.69, 9.17) is 0 Å². The minimum atomic E-state index is -5.09. The molecule has 4 aromatic rings. The van der Waals surface area contributed by atoms with E-state index in [1.807, 2.05) is 61.7 Å². The summed E-state index contributed by atoms with van der Waals surface area (Å²) in [5.41, 5.74) is -0.111. The van der Waals surface area contributed by atoms with E-state index in [9.17, 15) is 35.9 Å². The van der Waals surface area contributed by atoms with Gasteiger partial charge in [0.05, 0.1) is 11.1 Å². The maximum atomic E-state index is 13.7. The Morgan fingerprint density at radius 3 is 2.12 bits per heavy atom. The first-order valence-electron chi connectivity index (χ1n) is 13.8. The standard InChI is InChI=1S/C32H29F6N3O2/c1-20-6-8-21(9-7-20)18-40(13-12-22-17-39-28-5-3-2-4-27(22)28)29(42)19-41(26-10-11-26)30(43)23-14-24(31(33,34)35)16-25(15-23)32(36,37)38/h2-9,14-17,26,39H,10-13,18-19H2,1H3. The number of H-pyrrole nitrogens is 1. The Bertz CT molecular complexity index is 1590. The van der Waals surface area contributed by atoms with Crippen molar-refractivity contribution in [2.45, 2.75) is 51.1 Å². The lowest BCUT2D eigenvalue weighted by atomic mass is 10.0. The van der Waals surface area contributed by atoms with Gasteiger partial charge in [-0.15, -0.1) is 0 Å². The smallest absolute Gasteiger partial charge is 0.361 e. The van der Waals surface area contributed by atoms with Gasteiger partial charge in [0.25, 0.3) is 5.91 Å². The van der Waals surface area contributed by atoms with E-state index in [0.717, 1.165) is 32.5 Å². The molecule has 0 saturated heterocycles. The number of benzene rings is 3. The van der Waals surface area contributed by atoms with Crippen molar-refractivity contribution in [1.29, 1.82) is 0 Å². The van der Waals surface area contributed by atoms with Crippen LogP contribution in [0.25, 0.3) is 10.9 Å². The van der Waals surface area contributed by atoms with Crippen LogP contribution in [0.2, 0.25) is 0 Å². The molecule has 1 N–H and O–H groups in total. The number of carbonyl (C=O) groups is 2. The molecule has 0 spiro atoms. The number of nitrogens with zero attached hydrogens (tertiary/aromatic N) is 2. The minimum absolute atomic E-state index is 0.0164. The van der Waals surface area contributed by atoms with Gasteiger partial charge in [-0.05, 0) is 61.6 Å². The molecule has 0 atom stereocenters. The normalized spacial score (nSPS) is 13.7. The number of halogens is 6. The third-order valence-corrected chi connectivity index (χ3v) is 7.56. The van der Waals surface area contributed by atoms with Crippen molar-refractivity contribution in [2.75, 3.05) is 13.1 Å². The minimum Gasteiger partial charge on any atom is -0.361 e. The van der Waals surface area contributed by atoms with E-state index in [0.29, 0.717) is 31.4 Å². The van der Waals surface area contributed by atoms with Gasteiger partial charge in [0.15, 0.2) is 0 Å². The Morgan fingerprint density at radius 1 is 0.884 bits per heavy atom. The first kappa shape index (κ1) is 30.2. The van der Waals surface area contributed by atoms with Crippen LogP contribution in [0.4, 0.5) is 26.3 Å². The molecule has 43 heavy (non-hydrogen) atoms. The monoisotopic (exact) mass is 601 g/mol. The molecule has 11 heteroatoms. The Balaban J connectivity index is 1.41. The molecule has 0 bridgehead atoms. The van der Waals surface area contributed by atoms with Gasteiger partial charge >= 0.3 is 12.4 Å². The molecule has 2 amide bonds. The second-order valence-electron chi connectivity index (χ2n) is 10.9. The van der Waals surface area contributed by atoms with E-state index in [1.54, 1.807) is 4.90 Å². The summed E-state index contributed by atoms with van der Waals surface area (Å²) in [6.07, 6.45) is -6.84. The molecule has 226 valence electrons. The number of nitrogens with one attached hydrogen (secondary N) is 1. The number of aryl methyl sites for hydroxylation is 1. The van der Waals surface area contributed by atoms with Gasteiger partial charge in [-0.25, -0.2) is 0 Å². The predicted octanol–water partition coefficient (Wildman–Crippen LogP) is 7.39. The average molecular weight is 602 g/mol. The van der Waals surface area contributed by atoms with Crippen LogP contribution in [0.5, 0.6) is 0 Å². The van der Waals surface area contributed by atoms with Crippen LogP contribution in [-0.2, 0) is 30.1 Å². The molecule has 1 aromatic heterocycles. The molecule has 0 aliphatic heterocycles. The van der Waals surface area contributed by atoms with Gasteiger partial charge in [0.2, 0.25) is 5.91 Å². The third kappa shape index (κ3) is 7.21. The zero-order valence-electron chi connectivity index (χ0n) is 23.2. The van der Waals surface area contributed by atoms with E-state index in [-0.39, 0.29) is 19.2 Å². The molecule has 1 fully saturated rings. The lowest BCUT2D eigenvalue weighted by molar-refractivity contribution is -0.143. The summed E-state index contributed by atoms with van der Waals surface area (Å²) in [6, 6.07) is 15.7. The fraction of sp³-hybridized carbons (Fsp3) is 0.312. The number of rotatable bonds is 9.